The van der Waals surface area contributed by atoms with E-state index in [0.29, 0.717) is 17.9 Å². The molecule has 1 aromatic carbocycles. The first-order chi connectivity index (χ1) is 7.68. The second-order valence-electron chi connectivity index (χ2n) is 4.27. The molecule has 0 radical (unpaired) electrons. The third-order valence-electron chi connectivity index (χ3n) is 3.11. The number of halogens is 2. The van der Waals surface area contributed by atoms with Crippen molar-refractivity contribution in [1.82, 2.24) is 5.32 Å². The standard InChI is InChI=1S/C12H15ClFNO/c13-11-10(16)2-1-9(12(11)14)7-8-3-5-15-6-4-8/h1-2,8,15-16H,3-7H2. The van der Waals surface area contributed by atoms with Crippen LogP contribution in [0.25, 0.3) is 0 Å². The lowest BCUT2D eigenvalue weighted by molar-refractivity contribution is 0.368. The number of benzene rings is 1. The Morgan fingerprint density at radius 3 is 2.75 bits per heavy atom. The summed E-state index contributed by atoms with van der Waals surface area (Å²) in [5, 5.41) is 12.4. The van der Waals surface area contributed by atoms with Gasteiger partial charge in [-0.25, -0.2) is 4.39 Å². The van der Waals surface area contributed by atoms with Gasteiger partial charge in [-0.3, -0.25) is 0 Å². The summed E-state index contributed by atoms with van der Waals surface area (Å²) in [5.41, 5.74) is 0.606. The van der Waals surface area contributed by atoms with E-state index in [4.69, 9.17) is 11.6 Å². The van der Waals surface area contributed by atoms with Gasteiger partial charge >= 0.3 is 0 Å². The van der Waals surface area contributed by atoms with Crippen LogP contribution in [0.3, 0.4) is 0 Å². The van der Waals surface area contributed by atoms with Gasteiger partial charge < -0.3 is 10.4 Å². The van der Waals surface area contributed by atoms with Crippen LogP contribution in [0.2, 0.25) is 5.02 Å². The lowest BCUT2D eigenvalue weighted by Gasteiger charge is -2.22. The fourth-order valence-corrected chi connectivity index (χ4v) is 2.32. The van der Waals surface area contributed by atoms with Crippen molar-refractivity contribution in [3.05, 3.63) is 28.5 Å². The van der Waals surface area contributed by atoms with Crippen LogP contribution in [-0.4, -0.2) is 18.2 Å². The third-order valence-corrected chi connectivity index (χ3v) is 3.47. The first kappa shape index (κ1) is 11.7. The SMILES string of the molecule is Oc1ccc(CC2CCNCC2)c(F)c1Cl. The average molecular weight is 244 g/mol. The Balaban J connectivity index is 2.11. The highest BCUT2D eigenvalue weighted by Gasteiger charge is 2.17. The number of nitrogens with one attached hydrogen (secondary N) is 1. The lowest BCUT2D eigenvalue weighted by atomic mass is 9.91. The Morgan fingerprint density at radius 2 is 2.06 bits per heavy atom. The van der Waals surface area contributed by atoms with E-state index in [1.54, 1.807) is 6.07 Å². The number of phenolic OH excluding ortho intramolecular Hbond substituents is 1. The van der Waals surface area contributed by atoms with Crippen molar-refractivity contribution >= 4 is 11.6 Å². The summed E-state index contributed by atoms with van der Waals surface area (Å²) in [4.78, 5) is 0. The minimum Gasteiger partial charge on any atom is -0.506 e. The summed E-state index contributed by atoms with van der Waals surface area (Å²) < 4.78 is 13.7. The largest absolute Gasteiger partial charge is 0.506 e. The molecule has 1 aromatic rings. The van der Waals surface area contributed by atoms with Crippen molar-refractivity contribution < 1.29 is 9.50 Å². The van der Waals surface area contributed by atoms with Gasteiger partial charge in [0.15, 0.2) is 0 Å². The van der Waals surface area contributed by atoms with Gasteiger partial charge in [0.25, 0.3) is 0 Å². The summed E-state index contributed by atoms with van der Waals surface area (Å²) in [7, 11) is 0. The maximum atomic E-state index is 13.7. The Labute approximate surface area is 99.4 Å². The first-order valence-electron chi connectivity index (χ1n) is 5.55. The van der Waals surface area contributed by atoms with Gasteiger partial charge in [-0.05, 0) is 49.9 Å². The molecule has 2 nitrogen and oxygen atoms in total. The average Bonchev–Trinajstić information content (AvgIpc) is 2.31. The van der Waals surface area contributed by atoms with Gasteiger partial charge in [-0.1, -0.05) is 17.7 Å². The molecular weight excluding hydrogens is 229 g/mol. The molecule has 1 saturated heterocycles. The molecule has 4 heteroatoms. The zero-order chi connectivity index (χ0) is 11.5. The van der Waals surface area contributed by atoms with Crippen molar-refractivity contribution in [3.8, 4) is 5.75 Å². The maximum absolute atomic E-state index is 13.7. The van der Waals surface area contributed by atoms with E-state index in [1.165, 1.54) is 6.07 Å². The molecule has 0 unspecified atom stereocenters. The van der Waals surface area contributed by atoms with Crippen LogP contribution in [0.15, 0.2) is 12.1 Å². The van der Waals surface area contributed by atoms with E-state index in [0.717, 1.165) is 25.9 Å². The molecule has 2 N–H and O–H groups in total. The van der Waals surface area contributed by atoms with Gasteiger partial charge in [0.1, 0.15) is 16.6 Å². The molecule has 2 rings (SSSR count). The highest BCUT2D eigenvalue weighted by atomic mass is 35.5. The number of aromatic hydroxyl groups is 1. The molecule has 0 amide bonds. The smallest absolute Gasteiger partial charge is 0.148 e. The highest BCUT2D eigenvalue weighted by molar-refractivity contribution is 6.32. The first-order valence-corrected chi connectivity index (χ1v) is 5.93. The second kappa shape index (κ2) is 5.02. The summed E-state index contributed by atoms with van der Waals surface area (Å²) in [6, 6.07) is 3.08. The molecule has 0 bridgehead atoms. The minimum absolute atomic E-state index is 0.161. The molecule has 16 heavy (non-hydrogen) atoms. The number of hydrogen-bond acceptors (Lipinski definition) is 2. The molecular formula is C12H15ClFNO. The quantitative estimate of drug-likeness (QED) is 0.837. The van der Waals surface area contributed by atoms with Gasteiger partial charge in [-0.15, -0.1) is 0 Å². The van der Waals surface area contributed by atoms with Crippen molar-refractivity contribution in [3.63, 3.8) is 0 Å². The zero-order valence-corrected chi connectivity index (χ0v) is 9.73. The molecule has 1 fully saturated rings. The topological polar surface area (TPSA) is 32.3 Å². The van der Waals surface area contributed by atoms with Crippen LogP contribution in [0.4, 0.5) is 4.39 Å². The molecule has 1 aliphatic rings. The van der Waals surface area contributed by atoms with Crippen molar-refractivity contribution in [2.75, 3.05) is 13.1 Å². The second-order valence-corrected chi connectivity index (χ2v) is 4.65. The highest BCUT2D eigenvalue weighted by Crippen LogP contribution is 2.30. The maximum Gasteiger partial charge on any atom is 0.148 e. The van der Waals surface area contributed by atoms with Crippen molar-refractivity contribution in [2.45, 2.75) is 19.3 Å². The zero-order valence-electron chi connectivity index (χ0n) is 8.97. The Kier molecular flexibility index (Phi) is 3.66. The lowest BCUT2D eigenvalue weighted by Crippen LogP contribution is -2.28. The van der Waals surface area contributed by atoms with Crippen LogP contribution in [0.1, 0.15) is 18.4 Å². The normalized spacial score (nSPS) is 17.6. The summed E-state index contributed by atoms with van der Waals surface area (Å²) in [6.45, 7) is 2.00. The van der Waals surface area contributed by atoms with Gasteiger partial charge in [0.2, 0.25) is 0 Å². The predicted molar refractivity (Wildman–Crippen MR) is 62.4 cm³/mol. The van der Waals surface area contributed by atoms with Gasteiger partial charge in [-0.2, -0.15) is 0 Å². The van der Waals surface area contributed by atoms with E-state index in [2.05, 4.69) is 5.32 Å². The van der Waals surface area contributed by atoms with Gasteiger partial charge in [0.05, 0.1) is 0 Å². The molecule has 88 valence electrons. The van der Waals surface area contributed by atoms with Crippen molar-refractivity contribution in [1.29, 1.82) is 0 Å². The van der Waals surface area contributed by atoms with E-state index in [1.807, 2.05) is 0 Å². The van der Waals surface area contributed by atoms with E-state index in [-0.39, 0.29) is 10.8 Å². The third kappa shape index (κ3) is 2.47. The van der Waals surface area contributed by atoms with Crippen molar-refractivity contribution in [2.24, 2.45) is 5.92 Å². The monoisotopic (exact) mass is 243 g/mol. The van der Waals surface area contributed by atoms with Crippen LogP contribution >= 0.6 is 11.6 Å². The van der Waals surface area contributed by atoms with E-state index in [9.17, 15) is 9.50 Å². The number of rotatable bonds is 2. The van der Waals surface area contributed by atoms with Crippen LogP contribution in [0.5, 0.6) is 5.75 Å². The summed E-state index contributed by atoms with van der Waals surface area (Å²) in [5.74, 6) is -0.148. The predicted octanol–water partition coefficient (Wildman–Crippen LogP) is 2.73. The molecule has 1 aliphatic heterocycles. The summed E-state index contributed by atoms with van der Waals surface area (Å²) >= 11 is 5.66. The van der Waals surface area contributed by atoms with E-state index < -0.39 is 5.82 Å². The number of piperidine rings is 1. The summed E-state index contributed by atoms with van der Waals surface area (Å²) in [6.07, 6.45) is 2.84. The Bertz CT molecular complexity index is 378. The molecule has 0 spiro atoms. The Morgan fingerprint density at radius 1 is 1.38 bits per heavy atom. The van der Waals surface area contributed by atoms with E-state index >= 15 is 0 Å². The Hall–Kier alpha value is -0.800. The molecule has 1 heterocycles. The van der Waals surface area contributed by atoms with Gasteiger partial charge in [0, 0.05) is 0 Å². The number of phenols is 1. The van der Waals surface area contributed by atoms with Crippen LogP contribution in [0, 0.1) is 11.7 Å². The number of hydrogen-bond donors (Lipinski definition) is 2. The van der Waals surface area contributed by atoms with Crippen LogP contribution < -0.4 is 5.32 Å². The molecule has 0 atom stereocenters. The molecule has 0 saturated carbocycles. The molecule has 0 aliphatic carbocycles. The van der Waals surface area contributed by atoms with Crippen LogP contribution in [-0.2, 0) is 6.42 Å². The molecule has 0 aromatic heterocycles. The minimum atomic E-state index is -0.472. The fraction of sp³-hybridized carbons (Fsp3) is 0.500. The fourth-order valence-electron chi connectivity index (χ4n) is 2.13.